The predicted molar refractivity (Wildman–Crippen MR) is 79.0 cm³/mol. The van der Waals surface area contributed by atoms with Crippen molar-refractivity contribution in [2.24, 2.45) is 0 Å². The second-order valence-electron chi connectivity index (χ2n) is 5.25. The highest BCUT2D eigenvalue weighted by Crippen LogP contribution is 2.13. The van der Waals surface area contributed by atoms with Gasteiger partial charge in [0.2, 0.25) is 0 Å². The van der Waals surface area contributed by atoms with Crippen LogP contribution in [0.15, 0.2) is 36.7 Å². The smallest absolute Gasteiger partial charge is 0.123 e. The van der Waals surface area contributed by atoms with Crippen LogP contribution < -0.4 is 5.32 Å². The first-order valence-electron chi connectivity index (χ1n) is 7.11. The maximum Gasteiger partial charge on any atom is 0.123 e. The van der Waals surface area contributed by atoms with Gasteiger partial charge in [-0.1, -0.05) is 12.1 Å². The Labute approximate surface area is 119 Å². The Bertz CT molecular complexity index is 533. The molecule has 2 unspecified atom stereocenters. The Morgan fingerprint density at radius 3 is 2.55 bits per heavy atom. The van der Waals surface area contributed by atoms with Crippen LogP contribution in [0.1, 0.15) is 37.9 Å². The van der Waals surface area contributed by atoms with Gasteiger partial charge in [0.1, 0.15) is 5.82 Å². The third kappa shape index (κ3) is 3.90. The number of hydrogen-bond donors (Lipinski definition) is 1. The molecule has 4 heteroatoms. The molecule has 0 aliphatic carbocycles. The Morgan fingerprint density at radius 2 is 1.95 bits per heavy atom. The number of aromatic nitrogens is 2. The highest BCUT2D eigenvalue weighted by atomic mass is 19.1. The van der Waals surface area contributed by atoms with Gasteiger partial charge in [-0.25, -0.2) is 4.39 Å². The van der Waals surface area contributed by atoms with Crippen LogP contribution in [0, 0.1) is 5.82 Å². The fourth-order valence-electron chi connectivity index (χ4n) is 2.33. The number of benzene rings is 1. The lowest BCUT2D eigenvalue weighted by Crippen LogP contribution is -2.30. The summed E-state index contributed by atoms with van der Waals surface area (Å²) in [6, 6.07) is 7.28. The van der Waals surface area contributed by atoms with Crippen molar-refractivity contribution in [3.05, 3.63) is 53.6 Å². The number of rotatable bonds is 6. The quantitative estimate of drug-likeness (QED) is 0.876. The molecule has 108 valence electrons. The molecule has 1 aromatic carbocycles. The summed E-state index contributed by atoms with van der Waals surface area (Å²) in [6.45, 7) is 7.24. The average Bonchev–Trinajstić information content (AvgIpc) is 2.90. The summed E-state index contributed by atoms with van der Waals surface area (Å²) in [4.78, 5) is 0. The number of hydrogen-bond acceptors (Lipinski definition) is 2. The molecular formula is C16H22FN3. The van der Waals surface area contributed by atoms with Crippen LogP contribution in [-0.2, 0) is 13.0 Å². The average molecular weight is 275 g/mol. The van der Waals surface area contributed by atoms with E-state index in [0.717, 1.165) is 18.5 Å². The SMILES string of the molecule is CCn1cc(C(C)NC(C)Cc2ccc(F)cc2)cn1. The van der Waals surface area contributed by atoms with Crippen molar-refractivity contribution < 1.29 is 4.39 Å². The van der Waals surface area contributed by atoms with E-state index in [0.29, 0.717) is 6.04 Å². The van der Waals surface area contributed by atoms with Crippen molar-refractivity contribution in [3.8, 4) is 0 Å². The maximum absolute atomic E-state index is 12.9. The highest BCUT2D eigenvalue weighted by Gasteiger charge is 2.11. The lowest BCUT2D eigenvalue weighted by molar-refractivity contribution is 0.476. The number of nitrogens with zero attached hydrogens (tertiary/aromatic N) is 2. The summed E-state index contributed by atoms with van der Waals surface area (Å²) in [6.07, 6.45) is 4.86. The van der Waals surface area contributed by atoms with Crippen LogP contribution in [0.4, 0.5) is 4.39 Å². The van der Waals surface area contributed by atoms with Gasteiger partial charge in [-0.3, -0.25) is 4.68 Å². The van der Waals surface area contributed by atoms with Gasteiger partial charge in [0.05, 0.1) is 6.20 Å². The van der Waals surface area contributed by atoms with Gasteiger partial charge in [0.15, 0.2) is 0 Å². The minimum Gasteiger partial charge on any atom is -0.307 e. The molecule has 3 nitrogen and oxygen atoms in total. The van der Waals surface area contributed by atoms with Crippen LogP contribution in [0.25, 0.3) is 0 Å². The second-order valence-corrected chi connectivity index (χ2v) is 5.25. The Balaban J connectivity index is 1.90. The first kappa shape index (κ1) is 14.7. The fourth-order valence-corrected chi connectivity index (χ4v) is 2.33. The molecule has 2 aromatic rings. The molecule has 2 atom stereocenters. The molecule has 0 fully saturated rings. The molecule has 0 saturated carbocycles. The summed E-state index contributed by atoms with van der Waals surface area (Å²) < 4.78 is 14.8. The van der Waals surface area contributed by atoms with E-state index in [1.54, 1.807) is 0 Å². The molecule has 20 heavy (non-hydrogen) atoms. The van der Waals surface area contributed by atoms with Gasteiger partial charge in [-0.15, -0.1) is 0 Å². The molecule has 0 spiro atoms. The summed E-state index contributed by atoms with van der Waals surface area (Å²) >= 11 is 0. The van der Waals surface area contributed by atoms with Gasteiger partial charge in [0, 0.05) is 30.4 Å². The molecular weight excluding hydrogens is 253 g/mol. The highest BCUT2D eigenvalue weighted by molar-refractivity contribution is 5.17. The zero-order chi connectivity index (χ0) is 14.5. The van der Waals surface area contributed by atoms with E-state index in [9.17, 15) is 4.39 Å². The molecule has 0 amide bonds. The van der Waals surface area contributed by atoms with E-state index >= 15 is 0 Å². The second kappa shape index (κ2) is 6.66. The van der Waals surface area contributed by atoms with Gasteiger partial charge in [-0.2, -0.15) is 5.10 Å². The largest absolute Gasteiger partial charge is 0.307 e. The van der Waals surface area contributed by atoms with Crippen molar-refractivity contribution in [2.45, 2.75) is 45.8 Å². The minimum absolute atomic E-state index is 0.185. The monoisotopic (exact) mass is 275 g/mol. The Hall–Kier alpha value is -1.68. The zero-order valence-corrected chi connectivity index (χ0v) is 12.3. The molecule has 0 radical (unpaired) electrons. The molecule has 0 bridgehead atoms. The first-order chi connectivity index (χ1) is 9.58. The van der Waals surface area contributed by atoms with Crippen molar-refractivity contribution in [2.75, 3.05) is 0 Å². The molecule has 1 heterocycles. The molecule has 0 aliphatic heterocycles. The van der Waals surface area contributed by atoms with Crippen molar-refractivity contribution in [1.29, 1.82) is 0 Å². The zero-order valence-electron chi connectivity index (χ0n) is 12.3. The molecule has 1 N–H and O–H groups in total. The Kier molecular flexibility index (Phi) is 4.90. The standard InChI is InChI=1S/C16H22FN3/c1-4-20-11-15(10-18-20)13(3)19-12(2)9-14-5-7-16(17)8-6-14/h5-8,10-13,19H,4,9H2,1-3H3. The summed E-state index contributed by atoms with van der Waals surface area (Å²) in [5.41, 5.74) is 2.33. The number of aryl methyl sites for hydroxylation is 1. The third-order valence-electron chi connectivity index (χ3n) is 3.47. The van der Waals surface area contributed by atoms with Gasteiger partial charge in [0.25, 0.3) is 0 Å². The molecule has 0 saturated heterocycles. The van der Waals surface area contributed by atoms with E-state index in [1.165, 1.54) is 17.7 Å². The number of nitrogens with one attached hydrogen (secondary N) is 1. The lowest BCUT2D eigenvalue weighted by Gasteiger charge is -2.19. The van der Waals surface area contributed by atoms with Crippen LogP contribution in [0.2, 0.25) is 0 Å². The van der Waals surface area contributed by atoms with E-state index in [4.69, 9.17) is 0 Å². The predicted octanol–water partition coefficient (Wildman–Crippen LogP) is 3.32. The summed E-state index contributed by atoms with van der Waals surface area (Å²) in [7, 11) is 0. The van der Waals surface area contributed by atoms with E-state index in [-0.39, 0.29) is 11.9 Å². The first-order valence-corrected chi connectivity index (χ1v) is 7.11. The number of halogens is 1. The topological polar surface area (TPSA) is 29.9 Å². The summed E-state index contributed by atoms with van der Waals surface area (Å²) in [5, 5.41) is 7.84. The van der Waals surface area contributed by atoms with Crippen LogP contribution in [-0.4, -0.2) is 15.8 Å². The van der Waals surface area contributed by atoms with Crippen molar-refractivity contribution in [1.82, 2.24) is 15.1 Å². The Morgan fingerprint density at radius 1 is 1.25 bits per heavy atom. The van der Waals surface area contributed by atoms with Crippen LogP contribution in [0.3, 0.4) is 0 Å². The lowest BCUT2D eigenvalue weighted by atomic mass is 10.1. The van der Waals surface area contributed by atoms with E-state index in [1.807, 2.05) is 23.0 Å². The van der Waals surface area contributed by atoms with Crippen LogP contribution in [0.5, 0.6) is 0 Å². The minimum atomic E-state index is -0.185. The van der Waals surface area contributed by atoms with Crippen molar-refractivity contribution >= 4 is 0 Å². The normalized spacial score (nSPS) is 14.2. The third-order valence-corrected chi connectivity index (χ3v) is 3.47. The maximum atomic E-state index is 12.9. The summed E-state index contributed by atoms with van der Waals surface area (Å²) in [5.74, 6) is -0.185. The molecule has 1 aromatic heterocycles. The van der Waals surface area contributed by atoms with Crippen LogP contribution >= 0.6 is 0 Å². The molecule has 2 rings (SSSR count). The van der Waals surface area contributed by atoms with Gasteiger partial charge < -0.3 is 5.32 Å². The fraction of sp³-hybridized carbons (Fsp3) is 0.438. The van der Waals surface area contributed by atoms with Crippen molar-refractivity contribution in [3.63, 3.8) is 0 Å². The van der Waals surface area contributed by atoms with Gasteiger partial charge >= 0.3 is 0 Å². The van der Waals surface area contributed by atoms with Gasteiger partial charge in [-0.05, 0) is 44.9 Å². The molecule has 0 aliphatic rings. The van der Waals surface area contributed by atoms with E-state index in [2.05, 4.69) is 37.4 Å². The van der Waals surface area contributed by atoms with E-state index < -0.39 is 0 Å².